The van der Waals surface area contributed by atoms with Crippen LogP contribution in [0.1, 0.15) is 30.6 Å². The molecule has 0 aliphatic carbocycles. The van der Waals surface area contributed by atoms with Crippen LogP contribution in [0, 0.1) is 5.92 Å². The highest BCUT2D eigenvalue weighted by atomic mass is 16.4. The molecule has 0 saturated heterocycles. The van der Waals surface area contributed by atoms with Crippen molar-refractivity contribution in [3.63, 3.8) is 0 Å². The van der Waals surface area contributed by atoms with E-state index in [2.05, 4.69) is 24.5 Å². The number of carbonyl (C=O) groups excluding carboxylic acids is 1. The first-order valence-electron chi connectivity index (χ1n) is 6.46. The van der Waals surface area contributed by atoms with E-state index >= 15 is 0 Å². The van der Waals surface area contributed by atoms with Gasteiger partial charge in [-0.3, -0.25) is 4.79 Å². The molecule has 1 rings (SSSR count). The third kappa shape index (κ3) is 5.13. The molecule has 1 aromatic rings. The molecule has 114 valence electrons. The lowest BCUT2D eigenvalue weighted by Crippen LogP contribution is -2.23. The number of carbonyl (C=O) groups is 3. The van der Waals surface area contributed by atoms with Crippen LogP contribution in [0.25, 0.3) is 0 Å². The molecule has 0 fully saturated rings. The van der Waals surface area contributed by atoms with Crippen LogP contribution in [-0.2, 0) is 9.59 Å². The Morgan fingerprint density at radius 3 is 2.38 bits per heavy atom. The van der Waals surface area contributed by atoms with Gasteiger partial charge in [-0.05, 0) is 30.5 Å². The molecule has 0 unspecified atom stereocenters. The van der Waals surface area contributed by atoms with Crippen LogP contribution < -0.4 is 10.6 Å². The van der Waals surface area contributed by atoms with Crippen molar-refractivity contribution in [3.05, 3.63) is 23.8 Å². The fourth-order valence-electron chi connectivity index (χ4n) is 1.63. The number of aliphatic carboxylic acids is 1. The number of carboxylic acids is 2. The van der Waals surface area contributed by atoms with E-state index in [1.165, 1.54) is 12.1 Å². The molecule has 0 bridgehead atoms. The minimum Gasteiger partial charge on any atom is -0.478 e. The molecule has 0 aliphatic rings. The Balaban J connectivity index is 2.92. The second-order valence-electron chi connectivity index (χ2n) is 4.93. The molecule has 1 amide bonds. The van der Waals surface area contributed by atoms with Gasteiger partial charge in [0.2, 0.25) is 0 Å². The third-order valence-electron chi connectivity index (χ3n) is 2.74. The molecule has 0 aromatic heterocycles. The molecule has 1 aromatic carbocycles. The molecule has 7 heteroatoms. The molecule has 0 aliphatic heterocycles. The van der Waals surface area contributed by atoms with Crippen LogP contribution in [0.2, 0.25) is 0 Å². The Labute approximate surface area is 122 Å². The van der Waals surface area contributed by atoms with Gasteiger partial charge in [-0.1, -0.05) is 13.8 Å². The number of amides is 1. The highest BCUT2D eigenvalue weighted by Gasteiger charge is 2.17. The zero-order valence-electron chi connectivity index (χ0n) is 11.8. The van der Waals surface area contributed by atoms with Crippen molar-refractivity contribution in [1.82, 2.24) is 0 Å². The van der Waals surface area contributed by atoms with Crippen molar-refractivity contribution in [2.45, 2.75) is 20.3 Å². The summed E-state index contributed by atoms with van der Waals surface area (Å²) in [7, 11) is 0. The SMILES string of the molecule is CC(C)CCNc1ccc(C(=O)O)c(NC(=O)C(=O)O)c1. The fraction of sp³-hybridized carbons (Fsp3) is 0.357. The van der Waals surface area contributed by atoms with Gasteiger partial charge in [0.15, 0.2) is 0 Å². The highest BCUT2D eigenvalue weighted by Crippen LogP contribution is 2.21. The van der Waals surface area contributed by atoms with Gasteiger partial charge >= 0.3 is 17.8 Å². The lowest BCUT2D eigenvalue weighted by Gasteiger charge is -2.12. The second-order valence-corrected chi connectivity index (χ2v) is 4.93. The number of rotatable bonds is 6. The highest BCUT2D eigenvalue weighted by molar-refractivity contribution is 6.36. The van der Waals surface area contributed by atoms with Gasteiger partial charge in [0, 0.05) is 12.2 Å². The quantitative estimate of drug-likeness (QED) is 0.595. The van der Waals surface area contributed by atoms with E-state index in [9.17, 15) is 14.4 Å². The van der Waals surface area contributed by atoms with Gasteiger partial charge < -0.3 is 20.8 Å². The van der Waals surface area contributed by atoms with Crippen molar-refractivity contribution < 1.29 is 24.6 Å². The number of anilines is 2. The molecule has 7 nitrogen and oxygen atoms in total. The zero-order chi connectivity index (χ0) is 16.0. The predicted molar refractivity (Wildman–Crippen MR) is 77.6 cm³/mol. The van der Waals surface area contributed by atoms with Gasteiger partial charge in [0.25, 0.3) is 0 Å². The molecule has 0 spiro atoms. The Hall–Kier alpha value is -2.57. The summed E-state index contributed by atoms with van der Waals surface area (Å²) < 4.78 is 0. The minimum atomic E-state index is -1.68. The smallest absolute Gasteiger partial charge is 0.394 e. The number of nitrogens with one attached hydrogen (secondary N) is 2. The third-order valence-corrected chi connectivity index (χ3v) is 2.74. The average Bonchev–Trinajstić information content (AvgIpc) is 2.38. The Bertz CT molecular complexity index is 554. The predicted octanol–water partition coefficient (Wildman–Crippen LogP) is 1.87. The topological polar surface area (TPSA) is 116 Å². The standard InChI is InChI=1S/C14H18N2O5/c1-8(2)5-6-15-9-3-4-10(13(18)19)11(7-9)16-12(17)14(20)21/h3-4,7-8,15H,5-6H2,1-2H3,(H,16,17)(H,18,19)(H,20,21). The number of aromatic carboxylic acids is 1. The van der Waals surface area contributed by atoms with E-state index in [0.717, 1.165) is 6.42 Å². The van der Waals surface area contributed by atoms with Gasteiger partial charge in [-0.25, -0.2) is 9.59 Å². The molecule has 4 N–H and O–H groups in total. The van der Waals surface area contributed by atoms with Crippen molar-refractivity contribution in [3.8, 4) is 0 Å². The second kappa shape index (κ2) is 7.28. The van der Waals surface area contributed by atoms with Crippen molar-refractivity contribution >= 4 is 29.2 Å². The van der Waals surface area contributed by atoms with Gasteiger partial charge in [-0.2, -0.15) is 0 Å². The first-order chi connectivity index (χ1) is 9.81. The number of carboxylic acid groups (broad SMARTS) is 2. The maximum absolute atomic E-state index is 11.2. The Kier molecular flexibility index (Phi) is 5.71. The van der Waals surface area contributed by atoms with E-state index < -0.39 is 17.8 Å². The van der Waals surface area contributed by atoms with E-state index in [1.54, 1.807) is 6.07 Å². The number of hydrogen-bond donors (Lipinski definition) is 4. The largest absolute Gasteiger partial charge is 0.478 e. The molecule has 0 radical (unpaired) electrons. The molecular formula is C14H18N2O5. The van der Waals surface area contributed by atoms with Crippen LogP contribution in [0.4, 0.5) is 11.4 Å². The Morgan fingerprint density at radius 1 is 1.19 bits per heavy atom. The summed E-state index contributed by atoms with van der Waals surface area (Å²) in [5.41, 5.74) is 0.393. The molecule has 0 saturated carbocycles. The number of benzene rings is 1. The average molecular weight is 294 g/mol. The summed E-state index contributed by atoms with van der Waals surface area (Å²) >= 11 is 0. The summed E-state index contributed by atoms with van der Waals surface area (Å²) in [6.45, 7) is 4.85. The summed E-state index contributed by atoms with van der Waals surface area (Å²) in [6, 6.07) is 4.29. The summed E-state index contributed by atoms with van der Waals surface area (Å²) in [4.78, 5) is 32.8. The monoisotopic (exact) mass is 294 g/mol. The first kappa shape index (κ1) is 16.5. The van der Waals surface area contributed by atoms with Crippen molar-refractivity contribution in [2.24, 2.45) is 5.92 Å². The first-order valence-corrected chi connectivity index (χ1v) is 6.46. The van der Waals surface area contributed by atoms with Crippen molar-refractivity contribution in [2.75, 3.05) is 17.2 Å². The fourth-order valence-corrected chi connectivity index (χ4v) is 1.63. The Morgan fingerprint density at radius 2 is 1.86 bits per heavy atom. The van der Waals surface area contributed by atoms with Gasteiger partial charge in [0.05, 0.1) is 11.3 Å². The summed E-state index contributed by atoms with van der Waals surface area (Å²) in [5, 5.41) is 22.8. The van der Waals surface area contributed by atoms with E-state index in [4.69, 9.17) is 10.2 Å². The van der Waals surface area contributed by atoms with E-state index in [0.29, 0.717) is 18.2 Å². The lowest BCUT2D eigenvalue weighted by atomic mass is 10.1. The van der Waals surface area contributed by atoms with Crippen LogP contribution in [0.5, 0.6) is 0 Å². The number of hydrogen-bond acceptors (Lipinski definition) is 4. The van der Waals surface area contributed by atoms with Gasteiger partial charge in [-0.15, -0.1) is 0 Å². The maximum atomic E-state index is 11.2. The van der Waals surface area contributed by atoms with Crippen LogP contribution >= 0.6 is 0 Å². The molecule has 21 heavy (non-hydrogen) atoms. The molecule has 0 atom stereocenters. The van der Waals surface area contributed by atoms with Crippen LogP contribution in [0.15, 0.2) is 18.2 Å². The van der Waals surface area contributed by atoms with E-state index in [1.807, 2.05) is 0 Å². The van der Waals surface area contributed by atoms with Gasteiger partial charge in [0.1, 0.15) is 0 Å². The molecular weight excluding hydrogens is 276 g/mol. The van der Waals surface area contributed by atoms with Crippen LogP contribution in [0.3, 0.4) is 0 Å². The van der Waals surface area contributed by atoms with E-state index in [-0.39, 0.29) is 11.3 Å². The summed E-state index contributed by atoms with van der Waals surface area (Å²) in [5.74, 6) is -3.69. The van der Waals surface area contributed by atoms with Crippen LogP contribution in [-0.4, -0.2) is 34.6 Å². The zero-order valence-corrected chi connectivity index (χ0v) is 11.8. The normalized spacial score (nSPS) is 10.2. The minimum absolute atomic E-state index is 0.0514. The lowest BCUT2D eigenvalue weighted by molar-refractivity contribution is -0.147. The maximum Gasteiger partial charge on any atom is 0.394 e. The van der Waals surface area contributed by atoms with Crippen molar-refractivity contribution in [1.29, 1.82) is 0 Å². The summed E-state index contributed by atoms with van der Waals surface area (Å²) in [6.07, 6.45) is 0.928. The molecule has 0 heterocycles.